The quantitative estimate of drug-likeness (QED) is 0.352. The molecule has 2 heterocycles. The van der Waals surface area contributed by atoms with Crippen molar-refractivity contribution in [3.63, 3.8) is 0 Å². The Hall–Kier alpha value is -0.910. The number of rotatable bonds is 5. The number of ketones is 1. The summed E-state index contributed by atoms with van der Waals surface area (Å²) in [7, 11) is 0. The van der Waals surface area contributed by atoms with Gasteiger partial charge >= 0.3 is 0 Å². The summed E-state index contributed by atoms with van der Waals surface area (Å²) in [5.74, 6) is 0.0474. The van der Waals surface area contributed by atoms with Crippen molar-refractivity contribution in [1.82, 2.24) is 0 Å². The Balaban J connectivity index is 1.72. The molecule has 2 bridgehead atoms. The molecule has 2 aliphatic heterocycles. The molecule has 0 aromatic heterocycles. The van der Waals surface area contributed by atoms with Crippen molar-refractivity contribution in [2.24, 2.45) is 5.41 Å². The van der Waals surface area contributed by atoms with Gasteiger partial charge in [0.05, 0.1) is 19.3 Å². The highest BCUT2D eigenvalue weighted by Gasteiger charge is 2.67. The van der Waals surface area contributed by atoms with Gasteiger partial charge in [-0.3, -0.25) is 4.79 Å². The second-order valence-electron chi connectivity index (χ2n) is 8.64. The predicted octanol–water partition coefficient (Wildman–Crippen LogP) is -1.36. The van der Waals surface area contributed by atoms with Gasteiger partial charge < -0.3 is 39.7 Å². The summed E-state index contributed by atoms with van der Waals surface area (Å²) in [5.41, 5.74) is -3.16. The van der Waals surface area contributed by atoms with Crippen LogP contribution in [-0.4, -0.2) is 92.5 Å². The molecule has 3 fully saturated rings. The van der Waals surface area contributed by atoms with Crippen molar-refractivity contribution in [2.45, 2.75) is 81.6 Å². The number of aliphatic hydroxyl groups excluding tert-OH is 4. The van der Waals surface area contributed by atoms with Crippen LogP contribution in [-0.2, 0) is 19.0 Å². The van der Waals surface area contributed by atoms with Gasteiger partial charge in [0.1, 0.15) is 41.4 Å². The van der Waals surface area contributed by atoms with E-state index in [9.17, 15) is 30.3 Å². The van der Waals surface area contributed by atoms with E-state index >= 15 is 0 Å². The minimum Gasteiger partial charge on any atom is -0.394 e. The van der Waals surface area contributed by atoms with Crippen LogP contribution >= 0.6 is 0 Å². The summed E-state index contributed by atoms with van der Waals surface area (Å²) >= 11 is 0. The zero-order valence-electron chi connectivity index (χ0n) is 16.3. The van der Waals surface area contributed by atoms with Gasteiger partial charge in [0, 0.05) is 18.3 Å². The summed E-state index contributed by atoms with van der Waals surface area (Å²) < 4.78 is 16.7. The minimum atomic E-state index is -1.53. The third kappa shape index (κ3) is 3.33. The Kier molecular flexibility index (Phi) is 5.76. The summed E-state index contributed by atoms with van der Waals surface area (Å²) in [6.45, 7) is 4.89. The van der Waals surface area contributed by atoms with E-state index in [0.717, 1.165) is 0 Å². The lowest BCUT2D eigenvalue weighted by molar-refractivity contribution is -0.306. The van der Waals surface area contributed by atoms with Gasteiger partial charge in [0.15, 0.2) is 6.29 Å². The van der Waals surface area contributed by atoms with Gasteiger partial charge in [-0.25, -0.2) is 0 Å². The second kappa shape index (κ2) is 7.41. The first-order valence-electron chi connectivity index (χ1n) is 9.50. The van der Waals surface area contributed by atoms with Crippen LogP contribution in [0.4, 0.5) is 0 Å². The number of ether oxygens (including phenoxy) is 3. The Morgan fingerprint density at radius 1 is 1.21 bits per heavy atom. The average molecular weight is 402 g/mol. The van der Waals surface area contributed by atoms with Crippen molar-refractivity contribution >= 4 is 5.78 Å². The Labute approximate surface area is 163 Å². The molecule has 0 aromatic rings. The Bertz CT molecular complexity index is 613. The van der Waals surface area contributed by atoms with Crippen molar-refractivity contribution in [3.05, 3.63) is 12.2 Å². The summed E-state index contributed by atoms with van der Waals surface area (Å²) in [6.07, 6.45) is -3.97. The monoisotopic (exact) mass is 402 g/mol. The van der Waals surface area contributed by atoms with Crippen molar-refractivity contribution in [2.75, 3.05) is 13.2 Å². The van der Waals surface area contributed by atoms with Gasteiger partial charge in [0.25, 0.3) is 0 Å². The molecule has 1 saturated carbocycles. The Morgan fingerprint density at radius 3 is 2.50 bits per heavy atom. The topological polar surface area (TPSA) is 146 Å². The lowest BCUT2D eigenvalue weighted by Gasteiger charge is -2.47. The third-order valence-electron chi connectivity index (χ3n) is 6.36. The van der Waals surface area contributed by atoms with Crippen molar-refractivity contribution < 1.29 is 44.5 Å². The number of aliphatic hydroxyl groups is 5. The first-order valence-corrected chi connectivity index (χ1v) is 9.50. The molecular formula is C19H30O9. The van der Waals surface area contributed by atoms with Crippen molar-refractivity contribution in [3.8, 4) is 0 Å². The fourth-order valence-electron chi connectivity index (χ4n) is 4.51. The van der Waals surface area contributed by atoms with Crippen molar-refractivity contribution in [1.29, 1.82) is 0 Å². The zero-order chi connectivity index (χ0) is 20.9. The molecule has 2 saturated heterocycles. The number of hydrogen-bond acceptors (Lipinski definition) is 9. The maximum Gasteiger partial charge on any atom is 0.187 e. The SMILES string of the molecule is C[C@H](/C=C/[C@]1(O)[C@]2(C)CO[C@@]1(C)CC(=O)C2)O[C@@H]1O[C@H](CO)[C@@H](O)[C@H](O)[C@H]1O. The van der Waals surface area contributed by atoms with Gasteiger partial charge in [-0.15, -0.1) is 0 Å². The van der Waals surface area contributed by atoms with E-state index in [0.29, 0.717) is 0 Å². The fraction of sp³-hybridized carbons (Fsp3) is 0.842. The number of carbonyl (C=O) groups is 1. The van der Waals surface area contributed by atoms with Gasteiger partial charge in [0.2, 0.25) is 0 Å². The van der Waals surface area contributed by atoms with Gasteiger partial charge in [-0.05, 0) is 13.8 Å². The first-order chi connectivity index (χ1) is 13.0. The highest BCUT2D eigenvalue weighted by molar-refractivity contribution is 5.83. The number of hydrogen-bond donors (Lipinski definition) is 5. The molecule has 160 valence electrons. The van der Waals surface area contributed by atoms with Crippen LogP contribution in [0, 0.1) is 5.41 Å². The summed E-state index contributed by atoms with van der Waals surface area (Å²) in [4.78, 5) is 12.0. The summed E-state index contributed by atoms with van der Waals surface area (Å²) in [5, 5.41) is 50.4. The largest absolute Gasteiger partial charge is 0.394 e. The molecular weight excluding hydrogens is 372 g/mol. The van der Waals surface area contributed by atoms with E-state index in [1.54, 1.807) is 26.0 Å². The van der Waals surface area contributed by atoms with Crippen LogP contribution < -0.4 is 0 Å². The summed E-state index contributed by atoms with van der Waals surface area (Å²) in [6, 6.07) is 0. The lowest BCUT2D eigenvalue weighted by atomic mass is 9.59. The molecule has 28 heavy (non-hydrogen) atoms. The fourth-order valence-corrected chi connectivity index (χ4v) is 4.51. The van der Waals surface area contributed by atoms with E-state index in [4.69, 9.17) is 14.2 Å². The highest BCUT2D eigenvalue weighted by Crippen LogP contribution is 2.56. The normalized spacial score (nSPS) is 50.3. The number of Topliss-reactive ketones (excluding diaryl/α,β-unsaturated/α-hetero) is 1. The zero-order valence-corrected chi connectivity index (χ0v) is 16.3. The molecule has 9 atom stereocenters. The first kappa shape index (κ1) is 21.8. The molecule has 9 heteroatoms. The van der Waals surface area contributed by atoms with E-state index in [-0.39, 0.29) is 25.2 Å². The van der Waals surface area contributed by atoms with E-state index in [1.165, 1.54) is 0 Å². The number of fused-ring (bicyclic) bond motifs is 2. The average Bonchev–Trinajstić information content (AvgIpc) is 2.73. The van der Waals surface area contributed by atoms with E-state index in [1.807, 2.05) is 6.92 Å². The molecule has 5 N–H and O–H groups in total. The van der Waals surface area contributed by atoms with Crippen LogP contribution in [0.3, 0.4) is 0 Å². The molecule has 0 radical (unpaired) electrons. The van der Waals surface area contributed by atoms with Gasteiger partial charge in [-0.2, -0.15) is 0 Å². The molecule has 3 rings (SSSR count). The number of carbonyl (C=O) groups excluding carboxylic acids is 1. The standard InChI is InChI=1S/C19H30O9/c1-10(27-16-15(24)14(23)13(22)12(8-20)28-16)4-5-19(25)17(2)6-11(21)7-18(19,3)26-9-17/h4-5,10,12-16,20,22-25H,6-9H2,1-3H3/b5-4+/t10-,12-,13-,14+,15-,16-,17+,18+,19+/m1/s1. The molecule has 3 aliphatic rings. The minimum absolute atomic E-state index is 0.0474. The molecule has 0 spiro atoms. The molecule has 9 nitrogen and oxygen atoms in total. The highest BCUT2D eigenvalue weighted by atomic mass is 16.7. The van der Waals surface area contributed by atoms with Crippen LogP contribution in [0.15, 0.2) is 12.2 Å². The van der Waals surface area contributed by atoms with Crippen LogP contribution in [0.25, 0.3) is 0 Å². The predicted molar refractivity (Wildman–Crippen MR) is 95.1 cm³/mol. The van der Waals surface area contributed by atoms with E-state index in [2.05, 4.69) is 0 Å². The second-order valence-corrected chi connectivity index (χ2v) is 8.64. The maximum atomic E-state index is 12.0. The Morgan fingerprint density at radius 2 is 1.89 bits per heavy atom. The lowest BCUT2D eigenvalue weighted by Crippen LogP contribution is -2.60. The van der Waals surface area contributed by atoms with Crippen LogP contribution in [0.5, 0.6) is 0 Å². The smallest absolute Gasteiger partial charge is 0.187 e. The maximum absolute atomic E-state index is 12.0. The molecule has 0 unspecified atom stereocenters. The van der Waals surface area contributed by atoms with Gasteiger partial charge in [-0.1, -0.05) is 19.1 Å². The van der Waals surface area contributed by atoms with E-state index < -0.39 is 60.0 Å². The molecule has 0 aromatic carbocycles. The molecule has 0 amide bonds. The molecule has 1 aliphatic carbocycles. The van der Waals surface area contributed by atoms with Crippen LogP contribution in [0.2, 0.25) is 0 Å². The van der Waals surface area contributed by atoms with Crippen LogP contribution in [0.1, 0.15) is 33.6 Å². The third-order valence-corrected chi connectivity index (χ3v) is 6.36.